The molecule has 0 aromatic carbocycles. The lowest BCUT2D eigenvalue weighted by molar-refractivity contribution is -0.121. The summed E-state index contributed by atoms with van der Waals surface area (Å²) in [6.07, 6.45) is 3.55. The van der Waals surface area contributed by atoms with Gasteiger partial charge in [0.25, 0.3) is 0 Å². The normalized spacial score (nSPS) is 12.4. The fourth-order valence-electron chi connectivity index (χ4n) is 1.15. The third-order valence-corrected chi connectivity index (χ3v) is 2.61. The van der Waals surface area contributed by atoms with Crippen molar-refractivity contribution in [1.29, 1.82) is 0 Å². The highest BCUT2D eigenvalue weighted by Gasteiger charge is 2.06. The van der Waals surface area contributed by atoms with Crippen molar-refractivity contribution in [2.24, 2.45) is 0 Å². The van der Waals surface area contributed by atoms with E-state index < -0.39 is 0 Å². The first-order valence-electron chi connectivity index (χ1n) is 5.15. The lowest BCUT2D eigenvalue weighted by atomic mass is 10.2. The van der Waals surface area contributed by atoms with Gasteiger partial charge in [-0.2, -0.15) is 0 Å². The largest absolute Gasteiger partial charge is 0.469 e. The highest BCUT2D eigenvalue weighted by molar-refractivity contribution is 6.20. The minimum atomic E-state index is 0.0190. The van der Waals surface area contributed by atoms with Gasteiger partial charge < -0.3 is 9.73 Å². The topological polar surface area (TPSA) is 42.2 Å². The van der Waals surface area contributed by atoms with E-state index in [4.69, 9.17) is 16.0 Å². The Balaban J connectivity index is 2.14. The Kier molecular flexibility index (Phi) is 5.26. The number of hydrogen-bond donors (Lipinski definition) is 1. The van der Waals surface area contributed by atoms with Crippen LogP contribution in [0.5, 0.6) is 0 Å². The average molecular weight is 230 g/mol. The van der Waals surface area contributed by atoms with Gasteiger partial charge in [-0.05, 0) is 18.6 Å². The van der Waals surface area contributed by atoms with Gasteiger partial charge in [0, 0.05) is 19.4 Å². The molecule has 1 heterocycles. The molecule has 0 fully saturated rings. The molecule has 1 aromatic heterocycles. The third kappa shape index (κ3) is 4.88. The van der Waals surface area contributed by atoms with Crippen LogP contribution in [0.1, 0.15) is 25.5 Å². The van der Waals surface area contributed by atoms with Gasteiger partial charge in [-0.25, -0.2) is 0 Å². The van der Waals surface area contributed by atoms with Crippen molar-refractivity contribution >= 4 is 17.5 Å². The van der Waals surface area contributed by atoms with Crippen LogP contribution in [0.4, 0.5) is 0 Å². The first kappa shape index (κ1) is 12.1. The van der Waals surface area contributed by atoms with Crippen LogP contribution in [0.25, 0.3) is 0 Å². The zero-order valence-electron chi connectivity index (χ0n) is 8.83. The minimum Gasteiger partial charge on any atom is -0.469 e. The summed E-state index contributed by atoms with van der Waals surface area (Å²) in [5, 5.41) is 2.81. The number of halogens is 1. The molecule has 1 unspecified atom stereocenters. The molecule has 0 saturated heterocycles. The number of hydrogen-bond acceptors (Lipinski definition) is 2. The van der Waals surface area contributed by atoms with Crippen molar-refractivity contribution in [2.45, 2.75) is 31.6 Å². The summed E-state index contributed by atoms with van der Waals surface area (Å²) < 4.78 is 5.12. The minimum absolute atomic E-state index is 0.0190. The Morgan fingerprint density at radius 3 is 3.07 bits per heavy atom. The molecule has 4 heteroatoms. The molecule has 0 aliphatic carbocycles. The van der Waals surface area contributed by atoms with E-state index in [0.29, 0.717) is 19.4 Å². The highest BCUT2D eigenvalue weighted by atomic mass is 35.5. The van der Waals surface area contributed by atoms with Gasteiger partial charge in [-0.1, -0.05) is 6.92 Å². The second-order valence-electron chi connectivity index (χ2n) is 3.39. The van der Waals surface area contributed by atoms with Gasteiger partial charge in [0.15, 0.2) is 0 Å². The number of aryl methyl sites for hydroxylation is 1. The number of carbonyl (C=O) groups is 1. The van der Waals surface area contributed by atoms with Crippen LogP contribution in [-0.4, -0.2) is 17.8 Å². The fourth-order valence-corrected chi connectivity index (χ4v) is 1.23. The summed E-state index contributed by atoms with van der Waals surface area (Å²) in [6, 6.07) is 3.68. The maximum absolute atomic E-state index is 11.3. The molecule has 0 aliphatic heterocycles. The van der Waals surface area contributed by atoms with E-state index in [1.165, 1.54) is 0 Å². The molecule has 1 atom stereocenters. The van der Waals surface area contributed by atoms with E-state index in [2.05, 4.69) is 5.32 Å². The molecular formula is C11H16ClNO2. The summed E-state index contributed by atoms with van der Waals surface area (Å²) >= 11 is 5.88. The standard InChI is InChI=1S/C11H16ClNO2/c1-2-9(12)8-13-11(14)6-5-10-4-3-7-15-10/h3-4,7,9H,2,5-6,8H2,1H3,(H,13,14). The van der Waals surface area contributed by atoms with Crippen molar-refractivity contribution < 1.29 is 9.21 Å². The quantitative estimate of drug-likeness (QED) is 0.761. The summed E-state index contributed by atoms with van der Waals surface area (Å²) in [6.45, 7) is 2.53. The number of alkyl halides is 1. The number of carbonyl (C=O) groups excluding carboxylic acids is 1. The van der Waals surface area contributed by atoms with Crippen LogP contribution in [0.15, 0.2) is 22.8 Å². The first-order valence-corrected chi connectivity index (χ1v) is 5.59. The smallest absolute Gasteiger partial charge is 0.220 e. The maximum atomic E-state index is 11.3. The summed E-state index contributed by atoms with van der Waals surface area (Å²) in [7, 11) is 0. The fraction of sp³-hybridized carbons (Fsp3) is 0.545. The molecule has 0 bridgehead atoms. The van der Waals surface area contributed by atoms with E-state index in [-0.39, 0.29) is 11.3 Å². The molecule has 0 spiro atoms. The van der Waals surface area contributed by atoms with Gasteiger partial charge in [0.2, 0.25) is 5.91 Å². The molecule has 1 amide bonds. The van der Waals surface area contributed by atoms with Gasteiger partial charge in [-0.15, -0.1) is 11.6 Å². The van der Waals surface area contributed by atoms with Gasteiger partial charge in [0.05, 0.1) is 11.6 Å². The van der Waals surface area contributed by atoms with Crippen molar-refractivity contribution in [3.8, 4) is 0 Å². The van der Waals surface area contributed by atoms with E-state index in [9.17, 15) is 4.79 Å². The van der Waals surface area contributed by atoms with Gasteiger partial charge in [0.1, 0.15) is 5.76 Å². The van der Waals surface area contributed by atoms with Crippen molar-refractivity contribution in [2.75, 3.05) is 6.54 Å². The van der Waals surface area contributed by atoms with Crippen LogP contribution in [-0.2, 0) is 11.2 Å². The lowest BCUT2D eigenvalue weighted by Crippen LogP contribution is -2.29. The monoisotopic (exact) mass is 229 g/mol. The van der Waals surface area contributed by atoms with Crippen LogP contribution in [0.3, 0.4) is 0 Å². The number of furan rings is 1. The van der Waals surface area contributed by atoms with Crippen LogP contribution < -0.4 is 5.32 Å². The number of amides is 1. The number of nitrogens with one attached hydrogen (secondary N) is 1. The van der Waals surface area contributed by atoms with E-state index in [1.54, 1.807) is 6.26 Å². The van der Waals surface area contributed by atoms with E-state index >= 15 is 0 Å². The molecule has 1 aromatic rings. The van der Waals surface area contributed by atoms with Crippen LogP contribution >= 0.6 is 11.6 Å². The van der Waals surface area contributed by atoms with Crippen molar-refractivity contribution in [1.82, 2.24) is 5.32 Å². The average Bonchev–Trinajstić information content (AvgIpc) is 2.75. The molecular weight excluding hydrogens is 214 g/mol. The summed E-state index contributed by atoms with van der Waals surface area (Å²) in [5.41, 5.74) is 0. The molecule has 0 radical (unpaired) electrons. The van der Waals surface area contributed by atoms with Crippen LogP contribution in [0, 0.1) is 0 Å². The molecule has 0 saturated carbocycles. The Bertz CT molecular complexity index is 285. The highest BCUT2D eigenvalue weighted by Crippen LogP contribution is 2.03. The molecule has 0 aliphatic rings. The second kappa shape index (κ2) is 6.51. The second-order valence-corrected chi connectivity index (χ2v) is 4.01. The van der Waals surface area contributed by atoms with Crippen LogP contribution in [0.2, 0.25) is 0 Å². The lowest BCUT2D eigenvalue weighted by Gasteiger charge is -2.07. The molecule has 1 rings (SSSR count). The summed E-state index contributed by atoms with van der Waals surface area (Å²) in [4.78, 5) is 11.3. The maximum Gasteiger partial charge on any atom is 0.220 e. The Labute approximate surface area is 94.8 Å². The Morgan fingerprint density at radius 1 is 1.67 bits per heavy atom. The summed E-state index contributed by atoms with van der Waals surface area (Å²) in [5.74, 6) is 0.855. The predicted molar refractivity (Wildman–Crippen MR) is 60.0 cm³/mol. The van der Waals surface area contributed by atoms with Crippen molar-refractivity contribution in [3.05, 3.63) is 24.2 Å². The molecule has 84 valence electrons. The number of rotatable bonds is 6. The third-order valence-electron chi connectivity index (χ3n) is 2.14. The van der Waals surface area contributed by atoms with E-state index in [0.717, 1.165) is 12.2 Å². The van der Waals surface area contributed by atoms with Gasteiger partial charge >= 0.3 is 0 Å². The zero-order chi connectivity index (χ0) is 11.1. The Hall–Kier alpha value is -0.960. The first-order chi connectivity index (χ1) is 7.22. The molecule has 1 N–H and O–H groups in total. The molecule has 15 heavy (non-hydrogen) atoms. The zero-order valence-corrected chi connectivity index (χ0v) is 9.59. The van der Waals surface area contributed by atoms with E-state index in [1.807, 2.05) is 19.1 Å². The molecule has 3 nitrogen and oxygen atoms in total. The SMILES string of the molecule is CCC(Cl)CNC(=O)CCc1ccco1. The predicted octanol–water partition coefficient (Wildman–Crippen LogP) is 2.35. The van der Waals surface area contributed by atoms with Crippen molar-refractivity contribution in [3.63, 3.8) is 0 Å². The van der Waals surface area contributed by atoms with Gasteiger partial charge in [-0.3, -0.25) is 4.79 Å². The Morgan fingerprint density at radius 2 is 2.47 bits per heavy atom.